The van der Waals surface area contributed by atoms with Gasteiger partial charge in [-0.2, -0.15) is 0 Å². The van der Waals surface area contributed by atoms with Crippen molar-refractivity contribution >= 4 is 65.6 Å². The molecule has 0 fully saturated rings. The maximum absolute atomic E-state index is 12.1. The summed E-state index contributed by atoms with van der Waals surface area (Å²) in [7, 11) is 0. The minimum atomic E-state index is -0.139. The fraction of sp³-hybridized carbons (Fsp3) is 0.273. The van der Waals surface area contributed by atoms with Crippen molar-refractivity contribution in [2.75, 3.05) is 5.32 Å². The first-order chi connectivity index (χ1) is 8.51. The molecule has 0 saturated heterocycles. The van der Waals surface area contributed by atoms with Gasteiger partial charge in [0, 0.05) is 4.88 Å². The predicted molar refractivity (Wildman–Crippen MR) is 83.9 cm³/mol. The molecule has 1 amide bonds. The Morgan fingerprint density at radius 2 is 2.17 bits per heavy atom. The molecule has 0 bridgehead atoms. The van der Waals surface area contributed by atoms with Crippen molar-refractivity contribution in [3.8, 4) is 0 Å². The van der Waals surface area contributed by atoms with Crippen LogP contribution in [0.25, 0.3) is 0 Å². The zero-order chi connectivity index (χ0) is 13.3. The van der Waals surface area contributed by atoms with Crippen LogP contribution < -0.4 is 5.32 Å². The van der Waals surface area contributed by atoms with Crippen LogP contribution in [-0.2, 0) is 6.42 Å². The summed E-state index contributed by atoms with van der Waals surface area (Å²) in [6.07, 6.45) is 0.881. The lowest BCUT2D eigenvalue weighted by Gasteiger charge is -1.99. The predicted octanol–water partition coefficient (Wildman–Crippen LogP) is 4.85. The second-order valence-corrected chi connectivity index (χ2v) is 8.52. The second kappa shape index (κ2) is 5.81. The maximum Gasteiger partial charge on any atom is 0.259 e. The number of rotatable bonds is 3. The molecule has 3 nitrogen and oxygen atoms in total. The standard InChI is InChI=1S/C11H10Br2N2OS2/c1-3-7-5(2)17-11(14-7)15-10(16)6-4-8(12)18-9(6)13/h4H,3H2,1-2H3,(H,14,15,16). The number of aryl methyl sites for hydroxylation is 2. The van der Waals surface area contributed by atoms with Crippen LogP contribution >= 0.6 is 54.5 Å². The quantitative estimate of drug-likeness (QED) is 0.786. The van der Waals surface area contributed by atoms with Crippen LogP contribution in [0, 0.1) is 6.92 Å². The van der Waals surface area contributed by atoms with E-state index >= 15 is 0 Å². The van der Waals surface area contributed by atoms with Crippen molar-refractivity contribution in [3.63, 3.8) is 0 Å². The maximum atomic E-state index is 12.1. The third kappa shape index (κ3) is 3.01. The lowest BCUT2D eigenvalue weighted by Crippen LogP contribution is -2.11. The normalized spacial score (nSPS) is 10.7. The Labute approximate surface area is 130 Å². The van der Waals surface area contributed by atoms with Crippen molar-refractivity contribution < 1.29 is 4.79 Å². The molecule has 0 saturated carbocycles. The van der Waals surface area contributed by atoms with Crippen molar-refractivity contribution in [2.45, 2.75) is 20.3 Å². The summed E-state index contributed by atoms with van der Waals surface area (Å²) in [5, 5.41) is 3.49. The highest BCUT2D eigenvalue weighted by atomic mass is 79.9. The number of anilines is 1. The summed E-state index contributed by atoms with van der Waals surface area (Å²) in [4.78, 5) is 17.6. The van der Waals surface area contributed by atoms with Crippen LogP contribution in [-0.4, -0.2) is 10.9 Å². The van der Waals surface area contributed by atoms with E-state index in [0.29, 0.717) is 10.7 Å². The van der Waals surface area contributed by atoms with E-state index in [-0.39, 0.29) is 5.91 Å². The molecule has 18 heavy (non-hydrogen) atoms. The Morgan fingerprint density at radius 3 is 2.67 bits per heavy atom. The number of amides is 1. The third-order valence-electron chi connectivity index (χ3n) is 2.35. The zero-order valence-electron chi connectivity index (χ0n) is 9.71. The number of aromatic nitrogens is 1. The molecule has 7 heteroatoms. The van der Waals surface area contributed by atoms with Gasteiger partial charge in [-0.1, -0.05) is 6.92 Å². The van der Waals surface area contributed by atoms with Gasteiger partial charge in [0.1, 0.15) is 0 Å². The highest BCUT2D eigenvalue weighted by molar-refractivity contribution is 9.12. The molecule has 0 unspecified atom stereocenters. The number of nitrogens with zero attached hydrogens (tertiary/aromatic N) is 1. The molecule has 2 heterocycles. The fourth-order valence-electron chi connectivity index (χ4n) is 1.47. The van der Waals surface area contributed by atoms with Crippen molar-refractivity contribution in [1.82, 2.24) is 4.98 Å². The van der Waals surface area contributed by atoms with E-state index in [1.165, 1.54) is 22.7 Å². The smallest absolute Gasteiger partial charge is 0.259 e. The number of nitrogens with one attached hydrogen (secondary N) is 1. The first-order valence-electron chi connectivity index (χ1n) is 5.23. The van der Waals surface area contributed by atoms with Crippen LogP contribution in [0.3, 0.4) is 0 Å². The highest BCUT2D eigenvalue weighted by Crippen LogP contribution is 2.32. The van der Waals surface area contributed by atoms with Crippen LogP contribution in [0.2, 0.25) is 0 Å². The number of hydrogen-bond donors (Lipinski definition) is 1. The lowest BCUT2D eigenvalue weighted by molar-refractivity contribution is 0.102. The van der Waals surface area contributed by atoms with Gasteiger partial charge in [0.25, 0.3) is 5.91 Å². The first-order valence-corrected chi connectivity index (χ1v) is 8.45. The number of hydrogen-bond acceptors (Lipinski definition) is 4. The van der Waals surface area contributed by atoms with Gasteiger partial charge in [0.05, 0.1) is 18.8 Å². The molecule has 2 rings (SSSR count). The van der Waals surface area contributed by atoms with Crippen LogP contribution in [0.4, 0.5) is 5.13 Å². The van der Waals surface area contributed by atoms with Crippen LogP contribution in [0.15, 0.2) is 13.6 Å². The SMILES string of the molecule is CCc1nc(NC(=O)c2cc(Br)sc2Br)sc1C. The van der Waals surface area contributed by atoms with Gasteiger partial charge in [-0.25, -0.2) is 4.98 Å². The summed E-state index contributed by atoms with van der Waals surface area (Å²) < 4.78 is 1.74. The molecule has 0 spiro atoms. The van der Waals surface area contributed by atoms with E-state index in [1.807, 2.05) is 6.92 Å². The molecule has 0 aliphatic heterocycles. The van der Waals surface area contributed by atoms with E-state index in [9.17, 15) is 4.79 Å². The molecule has 96 valence electrons. The largest absolute Gasteiger partial charge is 0.298 e. The summed E-state index contributed by atoms with van der Waals surface area (Å²) in [6.45, 7) is 4.07. The average molecular weight is 410 g/mol. The van der Waals surface area contributed by atoms with Gasteiger partial charge in [0.2, 0.25) is 0 Å². The summed E-state index contributed by atoms with van der Waals surface area (Å²) in [5.41, 5.74) is 1.67. The van der Waals surface area contributed by atoms with Crippen LogP contribution in [0.1, 0.15) is 27.9 Å². The van der Waals surface area contributed by atoms with Gasteiger partial charge in [-0.05, 0) is 51.3 Å². The van der Waals surface area contributed by atoms with Crippen molar-refractivity contribution in [1.29, 1.82) is 0 Å². The van der Waals surface area contributed by atoms with E-state index in [0.717, 1.165) is 24.6 Å². The minimum Gasteiger partial charge on any atom is -0.298 e. The molecule has 0 atom stereocenters. The molecular weight excluding hydrogens is 400 g/mol. The number of thiazole rings is 1. The van der Waals surface area contributed by atoms with E-state index in [2.05, 4.69) is 49.1 Å². The topological polar surface area (TPSA) is 42.0 Å². The lowest BCUT2D eigenvalue weighted by atomic mass is 10.3. The summed E-state index contributed by atoms with van der Waals surface area (Å²) >= 11 is 9.72. The fourth-order valence-corrected chi connectivity index (χ4v) is 5.16. The second-order valence-electron chi connectivity index (χ2n) is 3.57. The van der Waals surface area contributed by atoms with Gasteiger partial charge >= 0.3 is 0 Å². The Balaban J connectivity index is 2.18. The summed E-state index contributed by atoms with van der Waals surface area (Å²) in [6, 6.07) is 1.80. The average Bonchev–Trinajstić information content (AvgIpc) is 2.81. The first kappa shape index (κ1) is 14.2. The number of carbonyl (C=O) groups is 1. The molecular formula is C11H10Br2N2OS2. The number of carbonyl (C=O) groups excluding carboxylic acids is 1. The van der Waals surface area contributed by atoms with E-state index in [1.54, 1.807) is 6.07 Å². The van der Waals surface area contributed by atoms with Crippen molar-refractivity contribution in [2.24, 2.45) is 0 Å². The third-order valence-corrected chi connectivity index (χ3v) is 5.62. The summed E-state index contributed by atoms with van der Waals surface area (Å²) in [5.74, 6) is -0.139. The number of thiophene rings is 1. The molecule has 2 aromatic heterocycles. The Hall–Kier alpha value is -0.240. The van der Waals surface area contributed by atoms with E-state index in [4.69, 9.17) is 0 Å². The molecule has 0 aliphatic rings. The molecule has 0 radical (unpaired) electrons. The van der Waals surface area contributed by atoms with Gasteiger partial charge < -0.3 is 0 Å². The Bertz CT molecular complexity index is 592. The van der Waals surface area contributed by atoms with Gasteiger partial charge in [-0.3, -0.25) is 10.1 Å². The monoisotopic (exact) mass is 408 g/mol. The molecule has 0 aromatic carbocycles. The minimum absolute atomic E-state index is 0.139. The van der Waals surface area contributed by atoms with E-state index < -0.39 is 0 Å². The van der Waals surface area contributed by atoms with Gasteiger partial charge in [-0.15, -0.1) is 22.7 Å². The Morgan fingerprint density at radius 1 is 1.44 bits per heavy atom. The zero-order valence-corrected chi connectivity index (χ0v) is 14.5. The van der Waals surface area contributed by atoms with Crippen molar-refractivity contribution in [3.05, 3.63) is 29.8 Å². The highest BCUT2D eigenvalue weighted by Gasteiger charge is 2.16. The molecule has 0 aliphatic carbocycles. The number of halogens is 2. The Kier molecular flexibility index (Phi) is 4.58. The molecule has 1 N–H and O–H groups in total. The van der Waals surface area contributed by atoms with Crippen LogP contribution in [0.5, 0.6) is 0 Å². The van der Waals surface area contributed by atoms with Gasteiger partial charge in [0.15, 0.2) is 5.13 Å². The molecule has 2 aromatic rings.